The predicted molar refractivity (Wildman–Crippen MR) is 132 cm³/mol. The van der Waals surface area contributed by atoms with E-state index >= 15 is 4.39 Å². The molecule has 2 aliphatic rings. The Bertz CT molecular complexity index is 1350. The van der Waals surface area contributed by atoms with Crippen LogP contribution in [0.25, 0.3) is 10.9 Å². The third kappa shape index (κ3) is 4.93. The van der Waals surface area contributed by atoms with Gasteiger partial charge in [-0.2, -0.15) is 0 Å². The summed E-state index contributed by atoms with van der Waals surface area (Å²) in [7, 11) is 0. The molecule has 1 aliphatic heterocycles. The molecule has 0 atom stereocenters. The van der Waals surface area contributed by atoms with Crippen molar-refractivity contribution in [3.63, 3.8) is 0 Å². The molecule has 3 N–H and O–H groups in total. The van der Waals surface area contributed by atoms with Crippen molar-refractivity contribution in [1.82, 2.24) is 25.3 Å². The molecule has 3 heterocycles. The lowest BCUT2D eigenvalue weighted by Crippen LogP contribution is -2.49. The van der Waals surface area contributed by atoms with Gasteiger partial charge in [0.1, 0.15) is 11.4 Å². The van der Waals surface area contributed by atoms with Gasteiger partial charge < -0.3 is 14.6 Å². The van der Waals surface area contributed by atoms with Crippen LogP contribution in [0.2, 0.25) is 0 Å². The van der Waals surface area contributed by atoms with Crippen molar-refractivity contribution < 1.29 is 19.1 Å². The number of fused-ring (bicyclic) bond motifs is 1. The number of benzene rings is 1. The molecule has 11 heteroatoms. The Kier molecular flexibility index (Phi) is 6.66. The number of amides is 1. The van der Waals surface area contributed by atoms with Gasteiger partial charge in [-0.05, 0) is 37.1 Å². The molecule has 1 saturated heterocycles. The number of aromatic carboxylic acids is 1. The smallest absolute Gasteiger partial charge is 0.341 e. The van der Waals surface area contributed by atoms with E-state index in [0.29, 0.717) is 56.0 Å². The van der Waals surface area contributed by atoms with E-state index in [4.69, 9.17) is 0 Å². The molecule has 2 fully saturated rings. The number of carbonyl (C=O) groups is 2. The van der Waals surface area contributed by atoms with Gasteiger partial charge in [-0.3, -0.25) is 24.9 Å². The van der Waals surface area contributed by atoms with Crippen molar-refractivity contribution in [1.29, 1.82) is 0 Å². The first-order valence-corrected chi connectivity index (χ1v) is 11.9. The molecule has 2 aromatic heterocycles. The quantitative estimate of drug-likeness (QED) is 0.319. The number of hydrogen-bond donors (Lipinski definition) is 3. The highest BCUT2D eigenvalue weighted by molar-refractivity contribution is 5.94. The molecule has 10 nitrogen and oxygen atoms in total. The van der Waals surface area contributed by atoms with Crippen LogP contribution in [-0.2, 0) is 0 Å². The third-order valence-electron chi connectivity index (χ3n) is 6.68. The monoisotopic (exact) mass is 494 g/mol. The fraction of sp³-hybridized carbons (Fsp3) is 0.360. The zero-order valence-corrected chi connectivity index (χ0v) is 19.6. The largest absolute Gasteiger partial charge is 0.477 e. The molecule has 1 aliphatic carbocycles. The summed E-state index contributed by atoms with van der Waals surface area (Å²) < 4.78 is 16.9. The van der Waals surface area contributed by atoms with E-state index in [1.165, 1.54) is 12.3 Å². The topological polar surface area (TPSA) is 120 Å². The predicted octanol–water partition coefficient (Wildman–Crippen LogP) is 1.63. The first-order chi connectivity index (χ1) is 17.4. The van der Waals surface area contributed by atoms with E-state index in [1.54, 1.807) is 30.6 Å². The van der Waals surface area contributed by atoms with E-state index in [1.807, 2.05) is 9.47 Å². The number of piperazine rings is 1. The molecule has 1 amide bonds. The van der Waals surface area contributed by atoms with Crippen molar-refractivity contribution in [2.75, 3.05) is 44.2 Å². The van der Waals surface area contributed by atoms with Crippen LogP contribution in [0.3, 0.4) is 0 Å². The summed E-state index contributed by atoms with van der Waals surface area (Å²) in [5.41, 5.74) is 6.12. The zero-order chi connectivity index (χ0) is 25.2. The number of nitrogens with zero attached hydrogens (tertiary/aromatic N) is 4. The van der Waals surface area contributed by atoms with Crippen molar-refractivity contribution in [2.24, 2.45) is 0 Å². The van der Waals surface area contributed by atoms with Crippen LogP contribution in [0, 0.1) is 5.82 Å². The summed E-state index contributed by atoms with van der Waals surface area (Å²) >= 11 is 0. The average Bonchev–Trinajstić information content (AvgIpc) is 3.73. The van der Waals surface area contributed by atoms with Crippen molar-refractivity contribution in [3.8, 4) is 0 Å². The van der Waals surface area contributed by atoms with Crippen molar-refractivity contribution in [3.05, 3.63) is 70.0 Å². The summed E-state index contributed by atoms with van der Waals surface area (Å²) in [6.45, 7) is 3.90. The fourth-order valence-electron chi connectivity index (χ4n) is 4.55. The second-order valence-electron chi connectivity index (χ2n) is 9.08. The SMILES string of the molecule is O=C(NNCCN1CCN(c2cc3c(cc2F)c(=O)c(C(=O)O)cn3C2CC2)CC1)c1ccncc1. The van der Waals surface area contributed by atoms with Gasteiger partial charge in [0.2, 0.25) is 5.43 Å². The minimum atomic E-state index is -1.30. The standard InChI is InChI=1S/C25H27FN6O4/c26-20-13-18-21(32(17-1-2-17)15-19(23(18)33)25(35)36)14-22(20)31-11-9-30(10-12-31)8-7-28-29-24(34)16-3-5-27-6-4-16/h3-6,13-15,17,28H,1-2,7-12H2,(H,29,34)(H,35,36). The first-order valence-electron chi connectivity index (χ1n) is 11.9. The number of carboxylic acid groups (broad SMARTS) is 1. The number of hydrogen-bond acceptors (Lipinski definition) is 7. The van der Waals surface area contributed by atoms with Crippen LogP contribution in [0.15, 0.2) is 47.7 Å². The van der Waals surface area contributed by atoms with Crippen molar-refractivity contribution in [2.45, 2.75) is 18.9 Å². The van der Waals surface area contributed by atoms with Gasteiger partial charge in [0.15, 0.2) is 0 Å². The maximum atomic E-state index is 15.1. The minimum absolute atomic E-state index is 0.0987. The summed E-state index contributed by atoms with van der Waals surface area (Å²) in [5, 5.41) is 9.51. The molecular formula is C25H27FN6O4. The molecule has 188 valence electrons. The maximum absolute atomic E-state index is 15.1. The Morgan fingerprint density at radius 1 is 1.11 bits per heavy atom. The van der Waals surface area contributed by atoms with Crippen LogP contribution in [0.1, 0.15) is 39.6 Å². The Hall–Kier alpha value is -3.83. The third-order valence-corrected chi connectivity index (χ3v) is 6.68. The van der Waals surface area contributed by atoms with Gasteiger partial charge in [0, 0.05) is 74.9 Å². The Morgan fingerprint density at radius 3 is 2.50 bits per heavy atom. The Balaban J connectivity index is 1.22. The Morgan fingerprint density at radius 2 is 1.83 bits per heavy atom. The van der Waals surface area contributed by atoms with E-state index in [-0.39, 0.29) is 22.9 Å². The number of anilines is 1. The molecule has 5 rings (SSSR count). The highest BCUT2D eigenvalue weighted by Gasteiger charge is 2.28. The minimum Gasteiger partial charge on any atom is -0.477 e. The van der Waals surface area contributed by atoms with Gasteiger partial charge in [-0.15, -0.1) is 0 Å². The van der Waals surface area contributed by atoms with Gasteiger partial charge >= 0.3 is 5.97 Å². The Labute approximate surface area is 206 Å². The van der Waals surface area contributed by atoms with Gasteiger partial charge in [-0.25, -0.2) is 14.6 Å². The highest BCUT2D eigenvalue weighted by atomic mass is 19.1. The maximum Gasteiger partial charge on any atom is 0.341 e. The second kappa shape index (κ2) is 10.0. The molecule has 0 bridgehead atoms. The number of halogens is 1. The van der Waals surface area contributed by atoms with E-state index < -0.39 is 17.2 Å². The van der Waals surface area contributed by atoms with Crippen LogP contribution in [0.4, 0.5) is 10.1 Å². The number of carbonyl (C=O) groups excluding carboxylic acids is 1. The molecule has 0 unspecified atom stereocenters. The molecular weight excluding hydrogens is 467 g/mol. The second-order valence-corrected chi connectivity index (χ2v) is 9.08. The van der Waals surface area contributed by atoms with E-state index in [9.17, 15) is 19.5 Å². The van der Waals surface area contributed by atoms with Gasteiger partial charge in [0.05, 0.1) is 11.2 Å². The van der Waals surface area contributed by atoms with Crippen molar-refractivity contribution >= 4 is 28.5 Å². The highest BCUT2D eigenvalue weighted by Crippen LogP contribution is 2.38. The van der Waals surface area contributed by atoms with E-state index in [2.05, 4.69) is 20.7 Å². The molecule has 1 saturated carbocycles. The van der Waals surface area contributed by atoms with Crippen LogP contribution in [0.5, 0.6) is 0 Å². The molecule has 1 aromatic carbocycles. The number of carboxylic acids is 1. The summed E-state index contributed by atoms with van der Waals surface area (Å²) in [6, 6.07) is 6.27. The zero-order valence-electron chi connectivity index (χ0n) is 19.6. The molecule has 0 spiro atoms. The summed E-state index contributed by atoms with van der Waals surface area (Å²) in [4.78, 5) is 44.3. The van der Waals surface area contributed by atoms with Crippen LogP contribution in [-0.4, -0.2) is 70.7 Å². The van der Waals surface area contributed by atoms with Gasteiger partial charge in [-0.1, -0.05) is 0 Å². The fourth-order valence-corrected chi connectivity index (χ4v) is 4.55. The number of nitrogens with one attached hydrogen (secondary N) is 2. The number of rotatable bonds is 8. The first kappa shape index (κ1) is 23.9. The number of hydrazine groups is 1. The number of pyridine rings is 2. The summed E-state index contributed by atoms with van der Waals surface area (Å²) in [5.74, 6) is -2.06. The van der Waals surface area contributed by atoms with Gasteiger partial charge in [0.25, 0.3) is 5.91 Å². The van der Waals surface area contributed by atoms with E-state index in [0.717, 1.165) is 12.8 Å². The lowest BCUT2D eigenvalue weighted by molar-refractivity contribution is 0.0694. The average molecular weight is 495 g/mol. The number of aromatic nitrogens is 2. The normalized spacial score (nSPS) is 16.3. The molecule has 36 heavy (non-hydrogen) atoms. The lowest BCUT2D eigenvalue weighted by Gasteiger charge is -2.36. The summed E-state index contributed by atoms with van der Waals surface area (Å²) in [6.07, 6.45) is 6.32. The molecule has 0 radical (unpaired) electrons. The van der Waals surface area contributed by atoms with Crippen LogP contribution < -0.4 is 21.2 Å². The lowest BCUT2D eigenvalue weighted by atomic mass is 10.1. The van der Waals surface area contributed by atoms with Crippen LogP contribution >= 0.6 is 0 Å². The molecule has 3 aromatic rings.